The number of ether oxygens (including phenoxy) is 1. The monoisotopic (exact) mass is 576 g/mol. The number of nitrogens with one attached hydrogen (secondary N) is 2. The van der Waals surface area contributed by atoms with Gasteiger partial charge in [-0.25, -0.2) is 9.78 Å². The van der Waals surface area contributed by atoms with E-state index < -0.39 is 12.1 Å². The van der Waals surface area contributed by atoms with E-state index in [4.69, 9.17) is 19.6 Å². The van der Waals surface area contributed by atoms with E-state index in [9.17, 15) is 22.8 Å². The number of hydrogen-bond acceptors (Lipinski definition) is 7. The summed E-state index contributed by atoms with van der Waals surface area (Å²) in [4.78, 5) is 40.6. The number of nitrogens with zero attached hydrogens (tertiary/aromatic N) is 2. The number of anilines is 1. The van der Waals surface area contributed by atoms with E-state index in [0.717, 1.165) is 49.6 Å². The Kier molecular flexibility index (Phi) is 9.85. The summed E-state index contributed by atoms with van der Waals surface area (Å²) >= 11 is 0. The number of aliphatic carboxylic acids is 1. The minimum absolute atomic E-state index is 0.0660. The molecule has 222 valence electrons. The van der Waals surface area contributed by atoms with Gasteiger partial charge < -0.3 is 25.4 Å². The largest absolute Gasteiger partial charge is 0.490 e. The van der Waals surface area contributed by atoms with E-state index in [1.165, 1.54) is 5.56 Å². The second-order valence-electron chi connectivity index (χ2n) is 10.4. The Morgan fingerprint density at radius 3 is 2.46 bits per heavy atom. The standard InChI is InChI=1S/C27H34N4O3.C2HF3O2/c1-2-34-25(33)15-23(18-7-4-3-5-8-18)30-26-21-16-31(17-22(21)26)24(32)13-12-20-11-10-19-9-6-14-28-27(19)29-20;3-2(4,5)1(6)7/h3-5,7-8,10-11,21-23,26,30H,2,6,9,12-17H2,1H3,(H,28,29);(H,6,7)/t21-,22+,23?,26?;. The van der Waals surface area contributed by atoms with Gasteiger partial charge in [-0.05, 0) is 55.2 Å². The molecule has 41 heavy (non-hydrogen) atoms. The number of carbonyl (C=O) groups excluding carboxylic acids is 2. The summed E-state index contributed by atoms with van der Waals surface area (Å²) in [5, 5.41) is 14.2. The third-order valence-corrected chi connectivity index (χ3v) is 7.61. The molecule has 0 spiro atoms. The number of likely N-dealkylation sites (tertiary alicyclic amines) is 1. The average molecular weight is 577 g/mol. The molecule has 9 nitrogen and oxygen atoms in total. The fourth-order valence-corrected chi connectivity index (χ4v) is 5.46. The lowest BCUT2D eigenvalue weighted by Crippen LogP contribution is -2.37. The van der Waals surface area contributed by atoms with Crippen molar-refractivity contribution < 1.29 is 37.4 Å². The first-order valence-electron chi connectivity index (χ1n) is 13.8. The fraction of sp³-hybridized carbons (Fsp3) is 0.517. The molecule has 1 saturated heterocycles. The van der Waals surface area contributed by atoms with Crippen molar-refractivity contribution in [3.05, 3.63) is 59.3 Å². The zero-order valence-electron chi connectivity index (χ0n) is 22.8. The maximum absolute atomic E-state index is 12.8. The van der Waals surface area contributed by atoms with Crippen LogP contribution in [0.25, 0.3) is 0 Å². The maximum Gasteiger partial charge on any atom is 0.490 e. The van der Waals surface area contributed by atoms with Gasteiger partial charge in [0.15, 0.2) is 0 Å². The molecule has 2 unspecified atom stereocenters. The van der Waals surface area contributed by atoms with Crippen LogP contribution < -0.4 is 10.6 Å². The number of benzene rings is 1. The van der Waals surface area contributed by atoms with E-state index in [-0.39, 0.29) is 17.9 Å². The minimum atomic E-state index is -5.08. The van der Waals surface area contributed by atoms with Crippen molar-refractivity contribution in [3.63, 3.8) is 0 Å². The van der Waals surface area contributed by atoms with Gasteiger partial charge >= 0.3 is 18.1 Å². The minimum Gasteiger partial charge on any atom is -0.475 e. The summed E-state index contributed by atoms with van der Waals surface area (Å²) in [6.07, 6.45) is -1.37. The summed E-state index contributed by atoms with van der Waals surface area (Å²) in [5.41, 5.74) is 3.35. The highest BCUT2D eigenvalue weighted by atomic mass is 19.4. The lowest BCUT2D eigenvalue weighted by molar-refractivity contribution is -0.192. The number of hydrogen-bond donors (Lipinski definition) is 3. The Balaban J connectivity index is 0.000000493. The molecule has 1 aliphatic carbocycles. The molecule has 1 aromatic heterocycles. The van der Waals surface area contributed by atoms with E-state index in [1.54, 1.807) is 0 Å². The lowest BCUT2D eigenvalue weighted by atomic mass is 10.0. The molecule has 2 aliphatic heterocycles. The van der Waals surface area contributed by atoms with Crippen LogP contribution in [0.15, 0.2) is 42.5 Å². The number of aryl methyl sites for hydroxylation is 2. The number of piperidine rings is 1. The number of esters is 1. The molecule has 12 heteroatoms. The van der Waals surface area contributed by atoms with Gasteiger partial charge in [0, 0.05) is 43.8 Å². The SMILES string of the molecule is CCOC(=O)CC(NC1[C@H]2CN(C(=O)CCc3ccc4c(n3)NCCC4)C[C@@H]12)c1ccccc1.O=C(O)C(F)(F)F. The number of carboxylic acids is 1. The molecular weight excluding hydrogens is 541 g/mol. The smallest absolute Gasteiger partial charge is 0.475 e. The second kappa shape index (κ2) is 13.3. The summed E-state index contributed by atoms with van der Waals surface area (Å²) in [5.74, 6) is -0.815. The van der Waals surface area contributed by atoms with E-state index >= 15 is 0 Å². The van der Waals surface area contributed by atoms with Gasteiger partial charge in [-0.15, -0.1) is 0 Å². The summed E-state index contributed by atoms with van der Waals surface area (Å²) < 4.78 is 36.9. The molecule has 1 aromatic carbocycles. The molecule has 5 rings (SSSR count). The molecular formula is C29H35F3N4O5. The van der Waals surface area contributed by atoms with E-state index in [1.807, 2.05) is 30.0 Å². The molecule has 0 radical (unpaired) electrons. The zero-order valence-corrected chi connectivity index (χ0v) is 22.8. The van der Waals surface area contributed by atoms with Crippen LogP contribution in [0.2, 0.25) is 0 Å². The van der Waals surface area contributed by atoms with Gasteiger partial charge in [0.05, 0.1) is 13.0 Å². The number of carboxylic acid groups (broad SMARTS) is 1. The van der Waals surface area contributed by atoms with Gasteiger partial charge in [0.2, 0.25) is 5.91 Å². The summed E-state index contributed by atoms with van der Waals surface area (Å²) in [6.45, 7) is 4.78. The predicted octanol–water partition coefficient (Wildman–Crippen LogP) is 3.75. The summed E-state index contributed by atoms with van der Waals surface area (Å²) in [6, 6.07) is 14.6. The van der Waals surface area contributed by atoms with Gasteiger partial charge in [-0.2, -0.15) is 13.2 Å². The Morgan fingerprint density at radius 1 is 1.15 bits per heavy atom. The molecule has 1 saturated carbocycles. The van der Waals surface area contributed by atoms with E-state index in [2.05, 4.69) is 34.9 Å². The molecule has 3 heterocycles. The van der Waals surface area contributed by atoms with Gasteiger partial charge in [-0.3, -0.25) is 9.59 Å². The molecule has 3 N–H and O–H groups in total. The third-order valence-electron chi connectivity index (χ3n) is 7.61. The van der Waals surface area contributed by atoms with Crippen LogP contribution in [-0.2, 0) is 32.0 Å². The maximum atomic E-state index is 12.8. The highest BCUT2D eigenvalue weighted by Crippen LogP contribution is 2.47. The third kappa shape index (κ3) is 8.18. The average Bonchev–Trinajstić information content (AvgIpc) is 3.37. The molecule has 1 amide bonds. The molecule has 3 aliphatic rings. The van der Waals surface area contributed by atoms with Crippen LogP contribution >= 0.6 is 0 Å². The number of halogens is 3. The number of pyridine rings is 1. The first-order valence-corrected chi connectivity index (χ1v) is 13.8. The van der Waals surface area contributed by atoms with Crippen LogP contribution in [0.1, 0.15) is 49.0 Å². The van der Waals surface area contributed by atoms with Crippen LogP contribution in [0.5, 0.6) is 0 Å². The first kappa shape index (κ1) is 30.3. The zero-order chi connectivity index (χ0) is 29.6. The highest BCUT2D eigenvalue weighted by Gasteiger charge is 2.57. The molecule has 2 aromatic rings. The van der Waals surface area contributed by atoms with Crippen molar-refractivity contribution in [2.24, 2.45) is 11.8 Å². The van der Waals surface area contributed by atoms with Gasteiger partial charge in [-0.1, -0.05) is 36.4 Å². The Labute approximate surface area is 236 Å². The quantitative estimate of drug-likeness (QED) is 0.386. The number of aromatic nitrogens is 1. The number of carbonyl (C=O) groups is 3. The van der Waals surface area contributed by atoms with Crippen molar-refractivity contribution in [1.82, 2.24) is 15.2 Å². The van der Waals surface area contributed by atoms with Crippen molar-refractivity contribution in [2.75, 3.05) is 31.6 Å². The number of alkyl halides is 3. The predicted molar refractivity (Wildman–Crippen MR) is 144 cm³/mol. The number of fused-ring (bicyclic) bond motifs is 2. The van der Waals surface area contributed by atoms with Gasteiger partial charge in [0.25, 0.3) is 0 Å². The van der Waals surface area contributed by atoms with Crippen LogP contribution in [-0.4, -0.2) is 71.3 Å². The van der Waals surface area contributed by atoms with Crippen molar-refractivity contribution in [1.29, 1.82) is 0 Å². The first-order chi connectivity index (χ1) is 19.6. The Hall–Kier alpha value is -3.67. The number of rotatable bonds is 9. The van der Waals surface area contributed by atoms with Crippen LogP contribution in [0.4, 0.5) is 19.0 Å². The lowest BCUT2D eigenvalue weighted by Gasteiger charge is -2.24. The summed E-state index contributed by atoms with van der Waals surface area (Å²) in [7, 11) is 0. The van der Waals surface area contributed by atoms with Crippen LogP contribution in [0, 0.1) is 11.8 Å². The van der Waals surface area contributed by atoms with Crippen molar-refractivity contribution in [3.8, 4) is 0 Å². The van der Waals surface area contributed by atoms with Crippen LogP contribution in [0.3, 0.4) is 0 Å². The Morgan fingerprint density at radius 2 is 1.83 bits per heavy atom. The number of amides is 1. The normalized spacial score (nSPS) is 21.4. The second-order valence-corrected chi connectivity index (χ2v) is 10.4. The van der Waals surface area contributed by atoms with Crippen molar-refractivity contribution >= 4 is 23.7 Å². The molecule has 4 atom stereocenters. The topological polar surface area (TPSA) is 121 Å². The molecule has 0 bridgehead atoms. The fourth-order valence-electron chi connectivity index (χ4n) is 5.46. The van der Waals surface area contributed by atoms with Crippen molar-refractivity contribution in [2.45, 2.75) is 57.3 Å². The Bertz CT molecular complexity index is 1210. The highest BCUT2D eigenvalue weighted by molar-refractivity contribution is 5.77. The van der Waals surface area contributed by atoms with Gasteiger partial charge in [0.1, 0.15) is 5.82 Å². The molecule has 2 fully saturated rings. The van der Waals surface area contributed by atoms with E-state index in [0.29, 0.717) is 43.7 Å².